The molecule has 0 saturated carbocycles. The summed E-state index contributed by atoms with van der Waals surface area (Å²) in [7, 11) is -1.31. The number of hydrogen-bond donors (Lipinski definition) is 0. The van der Waals surface area contributed by atoms with Crippen molar-refractivity contribution < 1.29 is 4.39 Å². The topological polar surface area (TPSA) is 0 Å². The number of rotatable bonds is 4. The summed E-state index contributed by atoms with van der Waals surface area (Å²) in [4.78, 5) is 0. The van der Waals surface area contributed by atoms with Crippen molar-refractivity contribution in [2.24, 2.45) is 0 Å². The minimum absolute atomic E-state index is 0.0787. The smallest absolute Gasteiger partial charge is 0.126 e. The standard InChI is InChI=1S/C13H21FSi/c1-5-15(6-2,7-3)12-8-9-13(14)11(4)10-12/h8-10H,5-7H2,1-4H3. The minimum Gasteiger partial charge on any atom is -0.207 e. The number of hydrogen-bond acceptors (Lipinski definition) is 0. The van der Waals surface area contributed by atoms with Crippen LogP contribution in [0.2, 0.25) is 18.1 Å². The van der Waals surface area contributed by atoms with Gasteiger partial charge >= 0.3 is 0 Å². The van der Waals surface area contributed by atoms with Crippen LogP contribution in [0.25, 0.3) is 0 Å². The Kier molecular flexibility index (Phi) is 4.09. The van der Waals surface area contributed by atoms with Gasteiger partial charge in [0.15, 0.2) is 0 Å². The molecule has 0 unspecified atom stereocenters. The Balaban J connectivity index is 3.17. The molecule has 0 nitrogen and oxygen atoms in total. The highest BCUT2D eigenvalue weighted by Gasteiger charge is 2.29. The fraction of sp³-hybridized carbons (Fsp3) is 0.538. The largest absolute Gasteiger partial charge is 0.207 e. The van der Waals surface area contributed by atoms with E-state index in [0.717, 1.165) is 5.56 Å². The lowest BCUT2D eigenvalue weighted by atomic mass is 10.2. The van der Waals surface area contributed by atoms with Gasteiger partial charge in [-0.25, -0.2) is 4.39 Å². The zero-order valence-corrected chi connectivity index (χ0v) is 11.2. The van der Waals surface area contributed by atoms with Gasteiger partial charge in [0.25, 0.3) is 0 Å². The van der Waals surface area contributed by atoms with E-state index >= 15 is 0 Å². The predicted molar refractivity (Wildman–Crippen MR) is 68.0 cm³/mol. The van der Waals surface area contributed by atoms with Crippen LogP contribution in [0.5, 0.6) is 0 Å². The lowest BCUT2D eigenvalue weighted by Gasteiger charge is -2.29. The minimum atomic E-state index is -1.31. The van der Waals surface area contributed by atoms with Crippen LogP contribution < -0.4 is 5.19 Å². The summed E-state index contributed by atoms with van der Waals surface area (Å²) >= 11 is 0. The molecule has 0 saturated heterocycles. The zero-order valence-electron chi connectivity index (χ0n) is 10.2. The molecule has 0 aliphatic carbocycles. The summed E-state index contributed by atoms with van der Waals surface area (Å²) in [6.07, 6.45) is 0. The fourth-order valence-corrected chi connectivity index (χ4v) is 6.02. The molecule has 0 aromatic heterocycles. The second-order valence-corrected chi connectivity index (χ2v) is 9.56. The van der Waals surface area contributed by atoms with Gasteiger partial charge in [-0.15, -0.1) is 0 Å². The maximum Gasteiger partial charge on any atom is 0.126 e. The molecule has 1 rings (SSSR count). The molecule has 0 fully saturated rings. The molecule has 0 bridgehead atoms. The Morgan fingerprint density at radius 3 is 2.00 bits per heavy atom. The summed E-state index contributed by atoms with van der Waals surface area (Å²) in [5.41, 5.74) is 0.791. The van der Waals surface area contributed by atoms with Gasteiger partial charge in [-0.1, -0.05) is 56.2 Å². The van der Waals surface area contributed by atoms with Crippen LogP contribution in [0, 0.1) is 12.7 Å². The van der Waals surface area contributed by atoms with E-state index in [9.17, 15) is 4.39 Å². The van der Waals surface area contributed by atoms with Crippen molar-refractivity contribution in [1.82, 2.24) is 0 Å². The van der Waals surface area contributed by atoms with E-state index in [4.69, 9.17) is 0 Å². The van der Waals surface area contributed by atoms with E-state index in [1.54, 1.807) is 6.07 Å². The van der Waals surface area contributed by atoms with Gasteiger partial charge in [-0.2, -0.15) is 0 Å². The molecule has 0 aliphatic rings. The quantitative estimate of drug-likeness (QED) is 0.682. The molecule has 0 heterocycles. The number of aryl methyl sites for hydroxylation is 1. The predicted octanol–water partition coefficient (Wildman–Crippen LogP) is 3.85. The molecule has 84 valence electrons. The van der Waals surface area contributed by atoms with Crippen molar-refractivity contribution in [3.63, 3.8) is 0 Å². The summed E-state index contributed by atoms with van der Waals surface area (Å²) in [6, 6.07) is 9.47. The van der Waals surface area contributed by atoms with Gasteiger partial charge in [0, 0.05) is 0 Å². The molecule has 0 aliphatic heterocycles. The third-order valence-electron chi connectivity index (χ3n) is 3.80. The van der Waals surface area contributed by atoms with E-state index in [-0.39, 0.29) is 5.82 Å². The molecule has 0 spiro atoms. The Morgan fingerprint density at radius 2 is 1.60 bits per heavy atom. The highest BCUT2D eigenvalue weighted by molar-refractivity contribution is 6.91. The summed E-state index contributed by atoms with van der Waals surface area (Å²) in [5.74, 6) is -0.0787. The van der Waals surface area contributed by atoms with E-state index in [1.165, 1.54) is 23.3 Å². The number of halogens is 1. The lowest BCUT2D eigenvalue weighted by Crippen LogP contribution is -2.45. The monoisotopic (exact) mass is 224 g/mol. The first-order valence-corrected chi connectivity index (χ1v) is 8.48. The Hall–Kier alpha value is -0.633. The molecule has 0 radical (unpaired) electrons. The highest BCUT2D eigenvalue weighted by Crippen LogP contribution is 2.21. The van der Waals surface area contributed by atoms with Crippen LogP contribution in [0.3, 0.4) is 0 Å². The first-order chi connectivity index (χ1) is 7.09. The molecule has 0 atom stereocenters. The Bertz CT molecular complexity index is 321. The molecular weight excluding hydrogens is 203 g/mol. The molecule has 2 heteroatoms. The highest BCUT2D eigenvalue weighted by atomic mass is 28.3. The maximum atomic E-state index is 13.2. The van der Waals surface area contributed by atoms with Crippen molar-refractivity contribution in [2.75, 3.05) is 0 Å². The zero-order chi connectivity index (χ0) is 11.5. The van der Waals surface area contributed by atoms with Gasteiger partial charge in [0.2, 0.25) is 0 Å². The van der Waals surface area contributed by atoms with Gasteiger partial charge in [0.1, 0.15) is 5.82 Å². The van der Waals surface area contributed by atoms with Crippen molar-refractivity contribution in [2.45, 2.75) is 45.8 Å². The normalized spacial score (nSPS) is 11.8. The summed E-state index contributed by atoms with van der Waals surface area (Å²) in [5, 5.41) is 1.42. The average Bonchev–Trinajstić information content (AvgIpc) is 2.26. The van der Waals surface area contributed by atoms with Crippen LogP contribution in [0.1, 0.15) is 26.3 Å². The molecule has 0 amide bonds. The third kappa shape index (κ3) is 2.31. The Morgan fingerprint density at radius 1 is 1.07 bits per heavy atom. The fourth-order valence-electron chi connectivity index (χ4n) is 2.34. The molecule has 1 aromatic carbocycles. The maximum absolute atomic E-state index is 13.2. The summed E-state index contributed by atoms with van der Waals surface area (Å²) in [6.45, 7) is 8.69. The third-order valence-corrected chi connectivity index (χ3v) is 9.40. The SMILES string of the molecule is CC[Si](CC)(CC)c1ccc(F)c(C)c1. The first-order valence-electron chi connectivity index (χ1n) is 5.86. The van der Waals surface area contributed by atoms with Crippen molar-refractivity contribution >= 4 is 13.3 Å². The van der Waals surface area contributed by atoms with Gasteiger partial charge in [-0.3, -0.25) is 0 Å². The van der Waals surface area contributed by atoms with Crippen LogP contribution in [-0.4, -0.2) is 8.07 Å². The van der Waals surface area contributed by atoms with Gasteiger partial charge < -0.3 is 0 Å². The molecule has 0 N–H and O–H groups in total. The van der Waals surface area contributed by atoms with E-state index in [0.29, 0.717) is 0 Å². The van der Waals surface area contributed by atoms with E-state index in [1.807, 2.05) is 13.0 Å². The average molecular weight is 224 g/mol. The lowest BCUT2D eigenvalue weighted by molar-refractivity contribution is 0.619. The van der Waals surface area contributed by atoms with Crippen LogP contribution in [0.15, 0.2) is 18.2 Å². The van der Waals surface area contributed by atoms with Crippen molar-refractivity contribution in [3.8, 4) is 0 Å². The van der Waals surface area contributed by atoms with Crippen molar-refractivity contribution in [1.29, 1.82) is 0 Å². The Labute approximate surface area is 93.5 Å². The first kappa shape index (κ1) is 12.4. The second-order valence-electron chi connectivity index (χ2n) is 4.30. The molecule has 1 aromatic rings. The van der Waals surface area contributed by atoms with Gasteiger partial charge in [-0.05, 0) is 18.6 Å². The summed E-state index contributed by atoms with van der Waals surface area (Å²) < 4.78 is 13.2. The van der Waals surface area contributed by atoms with Crippen molar-refractivity contribution in [3.05, 3.63) is 29.6 Å². The van der Waals surface area contributed by atoms with Crippen LogP contribution in [0.4, 0.5) is 4.39 Å². The molecule has 15 heavy (non-hydrogen) atoms. The number of benzene rings is 1. The van der Waals surface area contributed by atoms with E-state index < -0.39 is 8.07 Å². The van der Waals surface area contributed by atoms with Crippen LogP contribution >= 0.6 is 0 Å². The second kappa shape index (κ2) is 4.93. The molecular formula is C13H21FSi. The van der Waals surface area contributed by atoms with Crippen LogP contribution in [-0.2, 0) is 0 Å². The van der Waals surface area contributed by atoms with Gasteiger partial charge in [0.05, 0.1) is 8.07 Å². The van der Waals surface area contributed by atoms with E-state index in [2.05, 4.69) is 26.8 Å².